The Labute approximate surface area is 114 Å². The fourth-order valence-electron chi connectivity index (χ4n) is 1.74. The Hall–Kier alpha value is -2.00. The van der Waals surface area contributed by atoms with Crippen LogP contribution in [0.15, 0.2) is 42.5 Å². The largest absolute Gasteiger partial charge is 0.294 e. The molecule has 0 unspecified atom stereocenters. The van der Waals surface area contributed by atoms with Crippen molar-refractivity contribution in [3.8, 4) is 0 Å². The van der Waals surface area contributed by atoms with Gasteiger partial charge in [0, 0.05) is 11.1 Å². The summed E-state index contributed by atoms with van der Waals surface area (Å²) in [5.74, 6) is -1.23. The molecule has 2 rings (SSSR count). The first-order valence-corrected chi connectivity index (χ1v) is 5.98. The fourth-order valence-corrected chi connectivity index (χ4v) is 2.06. The number of carbonyl (C=O) groups excluding carboxylic acids is 2. The van der Waals surface area contributed by atoms with Crippen LogP contribution in [0, 0.1) is 5.82 Å². The van der Waals surface area contributed by atoms with E-state index in [9.17, 15) is 14.0 Å². The van der Waals surface area contributed by atoms with Crippen LogP contribution in [0.4, 0.5) is 4.39 Å². The highest BCUT2D eigenvalue weighted by Crippen LogP contribution is 2.21. The molecule has 0 bridgehead atoms. The van der Waals surface area contributed by atoms with Gasteiger partial charge in [0.05, 0.1) is 10.6 Å². The van der Waals surface area contributed by atoms with Gasteiger partial charge in [-0.05, 0) is 31.2 Å². The third-order valence-corrected chi connectivity index (χ3v) is 3.04. The van der Waals surface area contributed by atoms with Crippen molar-refractivity contribution < 1.29 is 14.0 Å². The normalized spacial score (nSPS) is 10.3. The predicted molar refractivity (Wildman–Crippen MR) is 71.3 cm³/mol. The Morgan fingerprint density at radius 2 is 1.74 bits per heavy atom. The number of ketones is 2. The minimum atomic E-state index is -0.584. The van der Waals surface area contributed by atoms with Crippen LogP contribution < -0.4 is 0 Å². The fraction of sp³-hybridized carbons (Fsp3) is 0.0667. The molecule has 0 atom stereocenters. The number of hydrogen-bond acceptors (Lipinski definition) is 2. The molecule has 0 spiro atoms. The quantitative estimate of drug-likeness (QED) is 0.797. The highest BCUT2D eigenvalue weighted by atomic mass is 35.5. The van der Waals surface area contributed by atoms with Gasteiger partial charge in [0.25, 0.3) is 0 Å². The van der Waals surface area contributed by atoms with Crippen LogP contribution in [0.1, 0.15) is 33.2 Å². The average molecular weight is 277 g/mol. The Morgan fingerprint density at radius 3 is 2.32 bits per heavy atom. The van der Waals surface area contributed by atoms with Gasteiger partial charge in [-0.2, -0.15) is 0 Å². The van der Waals surface area contributed by atoms with E-state index in [0.29, 0.717) is 5.56 Å². The van der Waals surface area contributed by atoms with E-state index in [0.717, 1.165) is 0 Å². The van der Waals surface area contributed by atoms with Crippen molar-refractivity contribution in [3.05, 3.63) is 70.0 Å². The molecule has 19 heavy (non-hydrogen) atoms. The summed E-state index contributed by atoms with van der Waals surface area (Å²) in [5, 5.41) is 0.190. The molecule has 0 aliphatic heterocycles. The van der Waals surface area contributed by atoms with Crippen LogP contribution in [0.5, 0.6) is 0 Å². The summed E-state index contributed by atoms with van der Waals surface area (Å²) in [6.45, 7) is 1.39. The lowest BCUT2D eigenvalue weighted by Crippen LogP contribution is -2.05. The topological polar surface area (TPSA) is 34.1 Å². The molecule has 0 aliphatic carbocycles. The molecule has 0 heterocycles. The van der Waals surface area contributed by atoms with Crippen LogP contribution in [0.3, 0.4) is 0 Å². The second-order valence-electron chi connectivity index (χ2n) is 4.06. The second kappa shape index (κ2) is 5.33. The lowest BCUT2D eigenvalue weighted by atomic mass is 10.0. The minimum absolute atomic E-state index is 0.0193. The van der Waals surface area contributed by atoms with Gasteiger partial charge >= 0.3 is 0 Å². The van der Waals surface area contributed by atoms with Crippen LogP contribution in [0.25, 0.3) is 0 Å². The van der Waals surface area contributed by atoms with Gasteiger partial charge in [-0.3, -0.25) is 9.59 Å². The van der Waals surface area contributed by atoms with E-state index in [4.69, 9.17) is 11.6 Å². The Balaban J connectivity index is 2.43. The van der Waals surface area contributed by atoms with Gasteiger partial charge in [0.2, 0.25) is 0 Å². The molecule has 0 aliphatic rings. The Kier molecular flexibility index (Phi) is 3.76. The zero-order chi connectivity index (χ0) is 14.0. The van der Waals surface area contributed by atoms with Gasteiger partial charge < -0.3 is 0 Å². The first-order chi connectivity index (χ1) is 9.00. The SMILES string of the molecule is CC(=O)c1ccc(C(=O)c2ccccc2F)cc1Cl. The average Bonchev–Trinajstić information content (AvgIpc) is 2.38. The summed E-state index contributed by atoms with van der Waals surface area (Å²) in [6, 6.07) is 10.0. The summed E-state index contributed by atoms with van der Waals surface area (Å²) in [4.78, 5) is 23.4. The molecular weight excluding hydrogens is 267 g/mol. The van der Waals surface area contributed by atoms with Gasteiger partial charge in [0.1, 0.15) is 5.82 Å². The van der Waals surface area contributed by atoms with E-state index in [1.807, 2.05) is 0 Å². The summed E-state index contributed by atoms with van der Waals surface area (Å²) in [5.41, 5.74) is 0.570. The van der Waals surface area contributed by atoms with Crippen molar-refractivity contribution in [2.45, 2.75) is 6.92 Å². The molecule has 0 amide bonds. The van der Waals surface area contributed by atoms with E-state index >= 15 is 0 Å². The molecule has 0 radical (unpaired) electrons. The monoisotopic (exact) mass is 276 g/mol. The van der Waals surface area contributed by atoms with Crippen molar-refractivity contribution in [3.63, 3.8) is 0 Å². The maximum atomic E-state index is 13.5. The first kappa shape index (κ1) is 13.4. The zero-order valence-corrected chi connectivity index (χ0v) is 10.9. The highest BCUT2D eigenvalue weighted by molar-refractivity contribution is 6.34. The first-order valence-electron chi connectivity index (χ1n) is 5.60. The second-order valence-corrected chi connectivity index (χ2v) is 4.47. The maximum absolute atomic E-state index is 13.5. The number of hydrogen-bond donors (Lipinski definition) is 0. The highest BCUT2D eigenvalue weighted by Gasteiger charge is 2.15. The van der Waals surface area contributed by atoms with E-state index in [1.165, 1.54) is 43.3 Å². The third-order valence-electron chi connectivity index (χ3n) is 2.73. The Morgan fingerprint density at radius 1 is 1.05 bits per heavy atom. The Bertz CT molecular complexity index is 665. The van der Waals surface area contributed by atoms with Crippen LogP contribution in [0.2, 0.25) is 5.02 Å². The van der Waals surface area contributed by atoms with E-state index in [2.05, 4.69) is 0 Å². The molecular formula is C15H10ClFO2. The number of Topliss-reactive ketones (excluding diaryl/α,β-unsaturated/α-hetero) is 1. The lowest BCUT2D eigenvalue weighted by molar-refractivity contribution is 0.101. The van der Waals surface area contributed by atoms with Gasteiger partial charge in [0.15, 0.2) is 11.6 Å². The van der Waals surface area contributed by atoms with Crippen molar-refractivity contribution in [2.75, 3.05) is 0 Å². The van der Waals surface area contributed by atoms with Crippen molar-refractivity contribution in [2.24, 2.45) is 0 Å². The summed E-state index contributed by atoms with van der Waals surface area (Å²) in [7, 11) is 0. The number of halogens is 2. The molecule has 0 fully saturated rings. The van der Waals surface area contributed by atoms with E-state index in [-0.39, 0.29) is 21.9 Å². The van der Waals surface area contributed by atoms with Crippen molar-refractivity contribution in [1.29, 1.82) is 0 Å². The minimum Gasteiger partial charge on any atom is -0.294 e. The molecule has 2 aromatic rings. The van der Waals surface area contributed by atoms with Gasteiger partial charge in [-0.25, -0.2) is 4.39 Å². The van der Waals surface area contributed by atoms with Crippen LogP contribution in [-0.2, 0) is 0 Å². The van der Waals surface area contributed by atoms with Crippen LogP contribution >= 0.6 is 11.6 Å². The van der Waals surface area contributed by atoms with Gasteiger partial charge in [-0.1, -0.05) is 29.8 Å². The molecule has 2 nitrogen and oxygen atoms in total. The van der Waals surface area contributed by atoms with Gasteiger partial charge in [-0.15, -0.1) is 0 Å². The standard InChI is InChI=1S/C15H10ClFO2/c1-9(18)11-7-6-10(8-13(11)16)15(19)12-4-2-3-5-14(12)17/h2-8H,1H3. The summed E-state index contributed by atoms with van der Waals surface area (Å²) >= 11 is 5.93. The molecule has 0 saturated heterocycles. The predicted octanol–water partition coefficient (Wildman–Crippen LogP) is 3.91. The third kappa shape index (κ3) is 2.71. The molecule has 96 valence electrons. The van der Waals surface area contributed by atoms with E-state index < -0.39 is 11.6 Å². The van der Waals surface area contributed by atoms with Crippen molar-refractivity contribution in [1.82, 2.24) is 0 Å². The van der Waals surface area contributed by atoms with Crippen molar-refractivity contribution >= 4 is 23.2 Å². The molecule has 0 saturated carbocycles. The molecule has 0 aromatic heterocycles. The summed E-state index contributed by atoms with van der Waals surface area (Å²) in [6.07, 6.45) is 0. The maximum Gasteiger partial charge on any atom is 0.196 e. The number of carbonyl (C=O) groups is 2. The van der Waals surface area contributed by atoms with Crippen LogP contribution in [-0.4, -0.2) is 11.6 Å². The molecule has 4 heteroatoms. The molecule has 0 N–H and O–H groups in total. The smallest absolute Gasteiger partial charge is 0.196 e. The lowest BCUT2D eigenvalue weighted by Gasteiger charge is -2.05. The summed E-state index contributed by atoms with van der Waals surface area (Å²) < 4.78 is 13.5. The zero-order valence-electron chi connectivity index (χ0n) is 10.1. The molecule has 2 aromatic carbocycles. The number of rotatable bonds is 3. The van der Waals surface area contributed by atoms with E-state index in [1.54, 1.807) is 6.07 Å². The number of benzene rings is 2.